The molecule has 11 heteroatoms. The molecule has 9 nitrogen and oxygen atoms in total. The minimum Gasteiger partial charge on any atom is -0.472 e. The fraction of sp³-hybridized carbons (Fsp3) is 0.500. The van der Waals surface area contributed by atoms with Crippen molar-refractivity contribution in [3.63, 3.8) is 0 Å². The first-order valence-corrected chi connectivity index (χ1v) is 14.7. The Morgan fingerprint density at radius 1 is 1.15 bits per heavy atom. The number of likely N-dealkylation sites (tertiary alicyclic amines) is 2. The van der Waals surface area contributed by atoms with Gasteiger partial charge in [-0.15, -0.1) is 11.3 Å². The van der Waals surface area contributed by atoms with Crippen molar-refractivity contribution < 1.29 is 28.2 Å². The predicted molar refractivity (Wildman–Crippen MR) is 151 cm³/mol. The van der Waals surface area contributed by atoms with E-state index in [1.807, 2.05) is 40.7 Å². The molecule has 1 aliphatic carbocycles. The first-order chi connectivity index (χ1) is 19.3. The molecule has 3 atom stereocenters. The minimum absolute atomic E-state index is 0.117. The highest BCUT2D eigenvalue weighted by Crippen LogP contribution is 2.63. The number of halogens is 1. The van der Waals surface area contributed by atoms with Crippen molar-refractivity contribution in [3.05, 3.63) is 41.3 Å². The van der Waals surface area contributed by atoms with Crippen LogP contribution in [0.3, 0.4) is 0 Å². The van der Waals surface area contributed by atoms with E-state index in [-0.39, 0.29) is 47.6 Å². The number of ether oxygens (including phenoxy) is 2. The molecule has 2 aliphatic heterocycles. The van der Waals surface area contributed by atoms with Crippen LogP contribution < -0.4 is 4.74 Å². The summed E-state index contributed by atoms with van der Waals surface area (Å²) >= 11 is 1.41. The van der Waals surface area contributed by atoms with Gasteiger partial charge in [-0.3, -0.25) is 19.5 Å². The summed E-state index contributed by atoms with van der Waals surface area (Å²) in [5.41, 5.74) is 0.973. The van der Waals surface area contributed by atoms with Gasteiger partial charge in [0.15, 0.2) is 0 Å². The largest absolute Gasteiger partial charge is 0.472 e. The number of carbonyl (C=O) groups excluding carboxylic acids is 3. The fourth-order valence-corrected chi connectivity index (χ4v) is 7.12. The number of pyridine rings is 2. The SMILES string of the molecule is CC(C)(C)OC(=O)N1CCC[C@H](Oc2ncc(F)cc2-c2ccnc3cc(CN4C(=O)C5C(C4=O)C5(C)C)sc23)C1. The first-order valence-electron chi connectivity index (χ1n) is 13.9. The standard InChI is InChI=1S/C30H33FN4O5S/c1-29(2,3)40-28(38)34-10-6-7-17(14-34)39-25-20(11-16(31)13-33-25)19-8-9-32-21-12-18(41-24(19)21)15-35-26(36)22-23(27(35)37)30(22,4)5/h8-9,11-13,17,22-23H,6-7,10,14-15H2,1-5H3/t17-,22?,23?/m0/s1. The van der Waals surface area contributed by atoms with Gasteiger partial charge in [0, 0.05) is 28.7 Å². The molecular formula is C30H33FN4O5S. The van der Waals surface area contributed by atoms with Crippen LogP contribution >= 0.6 is 11.3 Å². The Labute approximate surface area is 241 Å². The quantitative estimate of drug-likeness (QED) is 0.372. The lowest BCUT2D eigenvalue weighted by Gasteiger charge is -2.34. The maximum Gasteiger partial charge on any atom is 0.410 e. The zero-order chi connectivity index (χ0) is 29.3. The molecule has 216 valence electrons. The molecule has 3 aliphatic rings. The number of imide groups is 1. The van der Waals surface area contributed by atoms with Gasteiger partial charge >= 0.3 is 6.09 Å². The van der Waals surface area contributed by atoms with Gasteiger partial charge in [-0.1, -0.05) is 13.8 Å². The summed E-state index contributed by atoms with van der Waals surface area (Å²) in [5, 5.41) is 0. The van der Waals surface area contributed by atoms with Gasteiger partial charge in [0.2, 0.25) is 17.7 Å². The second-order valence-corrected chi connectivity index (χ2v) is 13.8. The number of thiophene rings is 1. The van der Waals surface area contributed by atoms with Crippen LogP contribution in [0.2, 0.25) is 0 Å². The number of carbonyl (C=O) groups is 3. The van der Waals surface area contributed by atoms with Crippen molar-refractivity contribution in [1.82, 2.24) is 19.8 Å². The van der Waals surface area contributed by atoms with Crippen LogP contribution in [0.5, 0.6) is 5.88 Å². The van der Waals surface area contributed by atoms with Gasteiger partial charge < -0.3 is 14.4 Å². The molecule has 0 aromatic carbocycles. The molecule has 5 heterocycles. The van der Waals surface area contributed by atoms with Crippen LogP contribution in [0.15, 0.2) is 30.6 Å². The van der Waals surface area contributed by atoms with Crippen LogP contribution in [-0.2, 0) is 20.9 Å². The zero-order valence-corrected chi connectivity index (χ0v) is 24.6. The Morgan fingerprint density at radius 3 is 2.59 bits per heavy atom. The summed E-state index contributed by atoms with van der Waals surface area (Å²) in [6.07, 6.45) is 3.47. The zero-order valence-electron chi connectivity index (χ0n) is 23.8. The van der Waals surface area contributed by atoms with Crippen molar-refractivity contribution in [3.8, 4) is 17.0 Å². The number of nitrogens with zero attached hydrogens (tertiary/aromatic N) is 4. The summed E-state index contributed by atoms with van der Waals surface area (Å²) in [5.74, 6) is -0.952. The van der Waals surface area contributed by atoms with Gasteiger partial charge in [-0.05, 0) is 57.2 Å². The molecule has 0 N–H and O–H groups in total. The Balaban J connectivity index is 1.25. The summed E-state index contributed by atoms with van der Waals surface area (Å²) in [4.78, 5) is 51.0. The van der Waals surface area contributed by atoms with Crippen molar-refractivity contribution in [2.45, 2.75) is 65.7 Å². The maximum atomic E-state index is 14.5. The monoisotopic (exact) mass is 580 g/mol. The minimum atomic E-state index is -0.602. The van der Waals surface area contributed by atoms with Gasteiger partial charge in [0.1, 0.15) is 17.5 Å². The maximum absolute atomic E-state index is 14.5. The molecular weight excluding hydrogens is 547 g/mol. The predicted octanol–water partition coefficient (Wildman–Crippen LogP) is 5.42. The third-order valence-corrected chi connectivity index (χ3v) is 9.23. The third-order valence-electron chi connectivity index (χ3n) is 8.08. The second-order valence-electron chi connectivity index (χ2n) is 12.6. The van der Waals surface area contributed by atoms with E-state index in [1.54, 1.807) is 17.2 Å². The number of amides is 3. The Hall–Kier alpha value is -3.60. The second kappa shape index (κ2) is 9.75. The van der Waals surface area contributed by atoms with Gasteiger partial charge in [-0.25, -0.2) is 14.2 Å². The molecule has 1 saturated carbocycles. The average Bonchev–Trinajstić information content (AvgIpc) is 3.14. The van der Waals surface area contributed by atoms with Crippen molar-refractivity contribution in [1.29, 1.82) is 0 Å². The van der Waals surface area contributed by atoms with E-state index in [0.717, 1.165) is 22.2 Å². The first kappa shape index (κ1) is 27.6. The van der Waals surface area contributed by atoms with Crippen LogP contribution in [0.25, 0.3) is 21.3 Å². The normalized spacial score (nSPS) is 23.6. The molecule has 3 aromatic heterocycles. The Bertz CT molecular complexity index is 1540. The number of hydrogen-bond donors (Lipinski definition) is 0. The molecule has 3 amide bonds. The Morgan fingerprint density at radius 2 is 1.88 bits per heavy atom. The molecule has 3 fully saturated rings. The van der Waals surface area contributed by atoms with Crippen LogP contribution in [0.1, 0.15) is 52.3 Å². The number of rotatable bonds is 5. The molecule has 0 bridgehead atoms. The van der Waals surface area contributed by atoms with Crippen molar-refractivity contribution in [2.75, 3.05) is 13.1 Å². The van der Waals surface area contributed by atoms with Crippen LogP contribution in [0, 0.1) is 23.1 Å². The highest BCUT2D eigenvalue weighted by atomic mass is 32.1. The summed E-state index contributed by atoms with van der Waals surface area (Å²) < 4.78 is 27.1. The Kier molecular flexibility index (Phi) is 6.55. The van der Waals surface area contributed by atoms with E-state index in [2.05, 4.69) is 9.97 Å². The summed E-state index contributed by atoms with van der Waals surface area (Å²) in [7, 11) is 0. The molecule has 41 heavy (non-hydrogen) atoms. The number of piperidine rings is 2. The summed E-state index contributed by atoms with van der Waals surface area (Å²) in [6, 6.07) is 5.03. The van der Waals surface area contributed by atoms with Gasteiger partial charge in [-0.2, -0.15) is 0 Å². The van der Waals surface area contributed by atoms with E-state index >= 15 is 0 Å². The highest BCUT2D eigenvalue weighted by Gasteiger charge is 2.72. The lowest BCUT2D eigenvalue weighted by atomic mass is 10.1. The highest BCUT2D eigenvalue weighted by molar-refractivity contribution is 7.19. The van der Waals surface area contributed by atoms with E-state index < -0.39 is 17.5 Å². The van der Waals surface area contributed by atoms with Crippen LogP contribution in [-0.4, -0.2) is 62.5 Å². The topological polar surface area (TPSA) is 102 Å². The van der Waals surface area contributed by atoms with E-state index in [4.69, 9.17) is 9.47 Å². The summed E-state index contributed by atoms with van der Waals surface area (Å²) in [6.45, 7) is 10.5. The molecule has 2 saturated heterocycles. The lowest BCUT2D eigenvalue weighted by Crippen LogP contribution is -2.46. The molecule has 0 spiro atoms. The smallest absolute Gasteiger partial charge is 0.410 e. The average molecular weight is 581 g/mol. The number of fused-ring (bicyclic) bond motifs is 2. The van der Waals surface area contributed by atoms with Gasteiger partial charge in [0.05, 0.1) is 41.3 Å². The molecule has 3 aromatic rings. The number of aromatic nitrogens is 2. The van der Waals surface area contributed by atoms with E-state index in [1.165, 1.54) is 22.3 Å². The lowest BCUT2D eigenvalue weighted by molar-refractivity contribution is -0.143. The third kappa shape index (κ3) is 5.05. The fourth-order valence-electron chi connectivity index (χ4n) is 5.99. The van der Waals surface area contributed by atoms with E-state index in [9.17, 15) is 18.8 Å². The molecule has 2 unspecified atom stereocenters. The van der Waals surface area contributed by atoms with Gasteiger partial charge in [0.25, 0.3) is 0 Å². The van der Waals surface area contributed by atoms with Crippen molar-refractivity contribution in [2.24, 2.45) is 17.3 Å². The molecule has 6 rings (SSSR count). The van der Waals surface area contributed by atoms with E-state index in [0.29, 0.717) is 36.2 Å². The number of hydrogen-bond acceptors (Lipinski definition) is 8. The molecule has 0 radical (unpaired) electrons. The van der Waals surface area contributed by atoms with Crippen molar-refractivity contribution >= 4 is 39.5 Å². The van der Waals surface area contributed by atoms with Crippen LogP contribution in [0.4, 0.5) is 9.18 Å².